The van der Waals surface area contributed by atoms with Gasteiger partial charge < -0.3 is 14.4 Å². The molecule has 1 amide bonds. The van der Waals surface area contributed by atoms with E-state index in [9.17, 15) is 9.59 Å². The number of carbonyl (C=O) groups is 2. The van der Waals surface area contributed by atoms with Crippen LogP contribution in [0.5, 0.6) is 0 Å². The number of hydrogen-bond donors (Lipinski definition) is 1. The first-order valence-corrected chi connectivity index (χ1v) is 5.78. The number of likely N-dealkylation sites (N-methyl/N-ethyl adjacent to an activating group) is 1. The number of carboxylic acids is 1. The fourth-order valence-electron chi connectivity index (χ4n) is 1.64. The van der Waals surface area contributed by atoms with E-state index < -0.39 is 12.0 Å². The van der Waals surface area contributed by atoms with Gasteiger partial charge in [0.1, 0.15) is 18.7 Å². The Labute approximate surface area is 106 Å². The van der Waals surface area contributed by atoms with E-state index in [-0.39, 0.29) is 18.2 Å². The van der Waals surface area contributed by atoms with Crippen molar-refractivity contribution in [3.8, 4) is 0 Å². The zero-order valence-electron chi connectivity index (χ0n) is 10.8. The highest BCUT2D eigenvalue weighted by molar-refractivity contribution is 5.84. The summed E-state index contributed by atoms with van der Waals surface area (Å²) in [5.41, 5.74) is 0. The van der Waals surface area contributed by atoms with E-state index >= 15 is 0 Å². The molecule has 0 saturated heterocycles. The molecule has 1 heterocycles. The number of rotatable bonds is 6. The molecule has 1 N–H and O–H groups in total. The third-order valence-corrected chi connectivity index (χ3v) is 2.63. The topological polar surface area (TPSA) is 83.6 Å². The van der Waals surface area contributed by atoms with Crippen LogP contribution in [-0.4, -0.2) is 40.0 Å². The van der Waals surface area contributed by atoms with Gasteiger partial charge in [0.25, 0.3) is 0 Å². The van der Waals surface area contributed by atoms with Crippen molar-refractivity contribution in [3.63, 3.8) is 0 Å². The fraction of sp³-hybridized carbons (Fsp3) is 0.583. The van der Waals surface area contributed by atoms with Crippen molar-refractivity contribution in [2.45, 2.75) is 32.7 Å². The van der Waals surface area contributed by atoms with E-state index in [1.165, 1.54) is 24.4 Å². The minimum absolute atomic E-state index is 0.0224. The van der Waals surface area contributed by atoms with E-state index in [2.05, 4.69) is 4.98 Å². The van der Waals surface area contributed by atoms with Gasteiger partial charge in [-0.25, -0.2) is 9.78 Å². The molecule has 0 aliphatic carbocycles. The van der Waals surface area contributed by atoms with Gasteiger partial charge in [-0.1, -0.05) is 13.8 Å². The number of nitrogens with zero attached hydrogens (tertiary/aromatic N) is 2. The first kappa shape index (κ1) is 14.2. The van der Waals surface area contributed by atoms with Gasteiger partial charge in [-0.3, -0.25) is 4.79 Å². The molecule has 1 rings (SSSR count). The van der Waals surface area contributed by atoms with E-state index in [1.807, 2.05) is 13.8 Å². The largest absolute Gasteiger partial charge is 0.480 e. The molecule has 6 nitrogen and oxygen atoms in total. The molecular weight excluding hydrogens is 236 g/mol. The van der Waals surface area contributed by atoms with Crippen LogP contribution < -0.4 is 0 Å². The zero-order valence-corrected chi connectivity index (χ0v) is 10.8. The van der Waals surface area contributed by atoms with E-state index in [0.717, 1.165) is 0 Å². The predicted octanol–water partition coefficient (Wildman–Crippen LogP) is 1.17. The average Bonchev–Trinajstić information content (AvgIpc) is 2.77. The molecule has 0 radical (unpaired) electrons. The Bertz CT molecular complexity index is 400. The second kappa shape index (κ2) is 6.18. The second-order valence-electron chi connectivity index (χ2n) is 4.59. The molecule has 18 heavy (non-hydrogen) atoms. The highest BCUT2D eigenvalue weighted by Gasteiger charge is 2.27. The summed E-state index contributed by atoms with van der Waals surface area (Å²) >= 11 is 0. The van der Waals surface area contributed by atoms with Crippen LogP contribution in [0.15, 0.2) is 16.9 Å². The van der Waals surface area contributed by atoms with Crippen LogP contribution in [0.25, 0.3) is 0 Å². The van der Waals surface area contributed by atoms with Gasteiger partial charge in [0.2, 0.25) is 11.8 Å². The van der Waals surface area contributed by atoms with Gasteiger partial charge in [0.05, 0.1) is 6.20 Å². The van der Waals surface area contributed by atoms with Crippen LogP contribution in [0.3, 0.4) is 0 Å². The number of oxazole rings is 1. The van der Waals surface area contributed by atoms with Gasteiger partial charge in [0, 0.05) is 7.05 Å². The highest BCUT2D eigenvalue weighted by atomic mass is 16.4. The fourth-order valence-corrected chi connectivity index (χ4v) is 1.64. The van der Waals surface area contributed by atoms with E-state index in [1.54, 1.807) is 0 Å². The lowest BCUT2D eigenvalue weighted by atomic mass is 10.0. The monoisotopic (exact) mass is 254 g/mol. The standard InChI is InChI=1S/C12H18N2O4/c1-8(2)6-9(12(16)17)14(3)11(15)7-10-13-4-5-18-10/h4-5,8-9H,6-7H2,1-3H3,(H,16,17). The zero-order chi connectivity index (χ0) is 13.7. The summed E-state index contributed by atoms with van der Waals surface area (Å²) in [5.74, 6) is -0.818. The van der Waals surface area contributed by atoms with E-state index in [0.29, 0.717) is 12.3 Å². The van der Waals surface area contributed by atoms with Crippen molar-refractivity contribution in [2.24, 2.45) is 5.92 Å². The number of carboxylic acid groups (broad SMARTS) is 1. The number of aliphatic carboxylic acids is 1. The van der Waals surface area contributed by atoms with Gasteiger partial charge in [-0.2, -0.15) is 0 Å². The number of aromatic nitrogens is 1. The third kappa shape index (κ3) is 3.87. The van der Waals surface area contributed by atoms with Crippen LogP contribution >= 0.6 is 0 Å². The number of amides is 1. The average molecular weight is 254 g/mol. The van der Waals surface area contributed by atoms with Gasteiger partial charge in [0.15, 0.2) is 0 Å². The summed E-state index contributed by atoms with van der Waals surface area (Å²) in [6.45, 7) is 3.84. The predicted molar refractivity (Wildman–Crippen MR) is 63.9 cm³/mol. The molecule has 1 atom stereocenters. The van der Waals surface area contributed by atoms with Crippen LogP contribution in [0.4, 0.5) is 0 Å². The molecule has 0 fully saturated rings. The molecule has 0 spiro atoms. The Morgan fingerprint density at radius 1 is 1.50 bits per heavy atom. The van der Waals surface area contributed by atoms with Crippen LogP contribution in [0, 0.1) is 5.92 Å². The molecule has 1 unspecified atom stereocenters. The van der Waals surface area contributed by atoms with E-state index in [4.69, 9.17) is 9.52 Å². The lowest BCUT2D eigenvalue weighted by Crippen LogP contribution is -2.43. The maximum atomic E-state index is 11.9. The molecule has 0 saturated carbocycles. The molecule has 0 aliphatic rings. The minimum atomic E-state index is -0.994. The summed E-state index contributed by atoms with van der Waals surface area (Å²) in [5, 5.41) is 9.13. The minimum Gasteiger partial charge on any atom is -0.480 e. The number of hydrogen-bond acceptors (Lipinski definition) is 4. The first-order chi connectivity index (χ1) is 8.41. The summed E-state index contributed by atoms with van der Waals surface area (Å²) in [6.07, 6.45) is 3.23. The van der Waals surface area contributed by atoms with Gasteiger partial charge in [-0.15, -0.1) is 0 Å². The normalized spacial score (nSPS) is 12.4. The smallest absolute Gasteiger partial charge is 0.326 e. The molecule has 100 valence electrons. The SMILES string of the molecule is CC(C)CC(C(=O)O)N(C)C(=O)Cc1ncco1. The van der Waals surface area contributed by atoms with Crippen molar-refractivity contribution in [2.75, 3.05) is 7.05 Å². The van der Waals surface area contributed by atoms with Gasteiger partial charge >= 0.3 is 5.97 Å². The molecule has 0 bridgehead atoms. The van der Waals surface area contributed by atoms with Crippen LogP contribution in [-0.2, 0) is 16.0 Å². The second-order valence-corrected chi connectivity index (χ2v) is 4.59. The maximum Gasteiger partial charge on any atom is 0.326 e. The van der Waals surface area contributed by atoms with Crippen LogP contribution in [0.1, 0.15) is 26.2 Å². The Kier molecular flexibility index (Phi) is 4.88. The molecule has 0 aromatic carbocycles. The Morgan fingerprint density at radius 2 is 2.17 bits per heavy atom. The van der Waals surface area contributed by atoms with Crippen molar-refractivity contribution in [3.05, 3.63) is 18.4 Å². The molecule has 0 aliphatic heterocycles. The summed E-state index contributed by atoms with van der Waals surface area (Å²) < 4.78 is 4.97. The third-order valence-electron chi connectivity index (χ3n) is 2.63. The first-order valence-electron chi connectivity index (χ1n) is 5.78. The Morgan fingerprint density at radius 3 is 2.61 bits per heavy atom. The summed E-state index contributed by atoms with van der Waals surface area (Å²) in [7, 11) is 1.49. The molecule has 1 aromatic heterocycles. The van der Waals surface area contributed by atoms with Crippen molar-refractivity contribution in [1.29, 1.82) is 0 Å². The quantitative estimate of drug-likeness (QED) is 0.824. The maximum absolute atomic E-state index is 11.9. The summed E-state index contributed by atoms with van der Waals surface area (Å²) in [6, 6.07) is -0.813. The lowest BCUT2D eigenvalue weighted by molar-refractivity contribution is -0.149. The van der Waals surface area contributed by atoms with Gasteiger partial charge in [-0.05, 0) is 12.3 Å². The summed E-state index contributed by atoms with van der Waals surface area (Å²) in [4.78, 5) is 28.1. The molecule has 1 aromatic rings. The Hall–Kier alpha value is -1.85. The Balaban J connectivity index is 2.67. The van der Waals surface area contributed by atoms with Crippen molar-refractivity contribution >= 4 is 11.9 Å². The van der Waals surface area contributed by atoms with Crippen LogP contribution in [0.2, 0.25) is 0 Å². The molecular formula is C12H18N2O4. The van der Waals surface area contributed by atoms with Crippen molar-refractivity contribution in [1.82, 2.24) is 9.88 Å². The number of carbonyl (C=O) groups excluding carboxylic acids is 1. The molecule has 6 heteroatoms. The highest BCUT2D eigenvalue weighted by Crippen LogP contribution is 2.12. The van der Waals surface area contributed by atoms with Crippen molar-refractivity contribution < 1.29 is 19.1 Å². The lowest BCUT2D eigenvalue weighted by Gasteiger charge is -2.25.